The minimum Gasteiger partial charge on any atom is -0.390 e. The van der Waals surface area contributed by atoms with Gasteiger partial charge in [0.2, 0.25) is 5.91 Å². The summed E-state index contributed by atoms with van der Waals surface area (Å²) in [6.45, 7) is 6.45. The lowest BCUT2D eigenvalue weighted by molar-refractivity contribution is -0.138. The van der Waals surface area contributed by atoms with Gasteiger partial charge in [-0.2, -0.15) is 18.4 Å². The zero-order chi connectivity index (χ0) is 21.6. The molecule has 152 valence electrons. The third-order valence-corrected chi connectivity index (χ3v) is 6.40. The summed E-state index contributed by atoms with van der Waals surface area (Å²) in [6, 6.07) is 4.06. The number of carbonyl (C=O) groups excluding carboxylic acids is 2. The van der Waals surface area contributed by atoms with Crippen LogP contribution in [-0.2, 0) is 20.5 Å². The van der Waals surface area contributed by atoms with Gasteiger partial charge in [-0.3, -0.25) is 14.6 Å². The molecular formula is C19H16F3N3O4. The van der Waals surface area contributed by atoms with Gasteiger partial charge >= 0.3 is 6.18 Å². The zero-order valence-corrected chi connectivity index (χ0v) is 15.4. The molecule has 1 N–H and O–H groups in total. The minimum absolute atomic E-state index is 0.0689. The normalized spacial score (nSPS) is 38.3. The van der Waals surface area contributed by atoms with E-state index >= 15 is 0 Å². The molecule has 1 aromatic rings. The van der Waals surface area contributed by atoms with E-state index in [0.29, 0.717) is 11.0 Å². The van der Waals surface area contributed by atoms with Gasteiger partial charge in [-0.25, -0.2) is 4.90 Å². The number of fused-ring (bicyclic) bond motifs is 5. The summed E-state index contributed by atoms with van der Waals surface area (Å²) in [6.07, 6.45) is -5.90. The van der Waals surface area contributed by atoms with Gasteiger partial charge in [0.15, 0.2) is 5.54 Å². The topological polar surface area (TPSA) is 103 Å². The molecule has 3 saturated heterocycles. The van der Waals surface area contributed by atoms with Crippen LogP contribution in [0.5, 0.6) is 0 Å². The lowest BCUT2D eigenvalue weighted by Crippen LogP contribution is -2.63. The van der Waals surface area contributed by atoms with Crippen LogP contribution in [0.4, 0.5) is 18.9 Å². The highest BCUT2D eigenvalue weighted by Crippen LogP contribution is 2.64. The number of carbonyl (C=O) groups is 2. The summed E-state index contributed by atoms with van der Waals surface area (Å²) < 4.78 is 46.0. The molecule has 2 bridgehead atoms. The Hall–Kier alpha value is -2.77. The standard InChI is InChI=1S/C19H16F3N3O4/c1-16-7-12(26)17(2,29-16)18(24-3)13(16)14(27)25(15(18)28)10-5-4-9(8-23)11(6-10)19(20,21)22/h4-6,12-13,26H,3,7H2,1-2H3/t12-,13?,16?,17?,18-/m1/s1. The Morgan fingerprint density at radius 2 is 2.03 bits per heavy atom. The molecule has 4 rings (SSSR count). The maximum absolute atomic E-state index is 13.4. The van der Waals surface area contributed by atoms with Crippen LogP contribution in [0.25, 0.3) is 0 Å². The lowest BCUT2D eigenvalue weighted by Gasteiger charge is -2.40. The van der Waals surface area contributed by atoms with Crippen molar-refractivity contribution in [1.29, 1.82) is 5.26 Å². The van der Waals surface area contributed by atoms with Crippen molar-refractivity contribution < 1.29 is 32.6 Å². The summed E-state index contributed by atoms with van der Waals surface area (Å²) in [4.78, 5) is 31.2. The van der Waals surface area contributed by atoms with Crippen LogP contribution in [0.1, 0.15) is 31.4 Å². The monoisotopic (exact) mass is 407 g/mol. The van der Waals surface area contributed by atoms with Gasteiger partial charge in [-0.05, 0) is 38.8 Å². The van der Waals surface area contributed by atoms with E-state index in [1.54, 1.807) is 6.92 Å². The Bertz CT molecular complexity index is 1020. The Kier molecular flexibility index (Phi) is 3.66. The summed E-state index contributed by atoms with van der Waals surface area (Å²) in [5.74, 6) is -2.83. The van der Waals surface area contributed by atoms with Crippen molar-refractivity contribution in [2.75, 3.05) is 4.90 Å². The van der Waals surface area contributed by atoms with Crippen molar-refractivity contribution in [3.05, 3.63) is 29.3 Å². The summed E-state index contributed by atoms with van der Waals surface area (Å²) >= 11 is 0. The Balaban J connectivity index is 1.90. The number of hydrogen-bond donors (Lipinski definition) is 1. The number of rotatable bonds is 2. The van der Waals surface area contributed by atoms with E-state index in [1.807, 2.05) is 0 Å². The van der Waals surface area contributed by atoms with Crippen molar-refractivity contribution in [3.63, 3.8) is 0 Å². The number of ether oxygens (including phenoxy) is 1. The number of aliphatic hydroxyl groups is 1. The molecule has 29 heavy (non-hydrogen) atoms. The fourth-order valence-corrected chi connectivity index (χ4v) is 5.15. The molecular weight excluding hydrogens is 391 g/mol. The van der Waals surface area contributed by atoms with E-state index in [0.717, 1.165) is 12.1 Å². The van der Waals surface area contributed by atoms with E-state index < -0.39 is 57.9 Å². The Labute approximate surface area is 163 Å². The number of halogens is 3. The smallest absolute Gasteiger partial charge is 0.390 e. The van der Waals surface area contributed by atoms with Crippen LogP contribution < -0.4 is 4.90 Å². The molecule has 3 fully saturated rings. The van der Waals surface area contributed by atoms with Crippen LogP contribution in [0, 0.1) is 17.2 Å². The first-order valence-corrected chi connectivity index (χ1v) is 8.73. The molecule has 0 radical (unpaired) electrons. The van der Waals surface area contributed by atoms with E-state index in [2.05, 4.69) is 11.7 Å². The van der Waals surface area contributed by atoms with Gasteiger partial charge in [0, 0.05) is 6.42 Å². The predicted octanol–water partition coefficient (Wildman–Crippen LogP) is 1.82. The highest BCUT2D eigenvalue weighted by atomic mass is 19.4. The van der Waals surface area contributed by atoms with Crippen molar-refractivity contribution in [2.45, 2.75) is 49.3 Å². The number of imide groups is 1. The van der Waals surface area contributed by atoms with Crippen molar-refractivity contribution in [3.8, 4) is 6.07 Å². The predicted molar refractivity (Wildman–Crippen MR) is 92.9 cm³/mol. The van der Waals surface area contributed by atoms with Crippen LogP contribution >= 0.6 is 0 Å². The molecule has 5 atom stereocenters. The molecule has 10 heteroatoms. The summed E-state index contributed by atoms with van der Waals surface area (Å²) in [7, 11) is 0. The number of benzene rings is 1. The molecule has 0 spiro atoms. The molecule has 3 aliphatic heterocycles. The third-order valence-electron chi connectivity index (χ3n) is 6.40. The molecule has 2 amide bonds. The largest absolute Gasteiger partial charge is 0.417 e. The number of nitriles is 1. The second-order valence-electron chi connectivity index (χ2n) is 7.92. The number of amides is 2. The number of aliphatic hydroxyl groups excluding tert-OH is 1. The molecule has 0 aliphatic carbocycles. The first-order chi connectivity index (χ1) is 13.4. The molecule has 7 nitrogen and oxygen atoms in total. The number of nitrogens with zero attached hydrogens (tertiary/aromatic N) is 3. The first kappa shape index (κ1) is 19.5. The highest BCUT2D eigenvalue weighted by Gasteiger charge is 2.84. The van der Waals surface area contributed by atoms with Gasteiger partial charge in [0.05, 0.1) is 34.6 Å². The molecule has 1 aromatic carbocycles. The van der Waals surface area contributed by atoms with Crippen LogP contribution in [0.3, 0.4) is 0 Å². The van der Waals surface area contributed by atoms with Crippen LogP contribution in [0.15, 0.2) is 23.2 Å². The lowest BCUT2D eigenvalue weighted by atomic mass is 9.62. The van der Waals surface area contributed by atoms with E-state index in [1.165, 1.54) is 13.0 Å². The molecule has 3 unspecified atom stereocenters. The van der Waals surface area contributed by atoms with Gasteiger partial charge in [-0.15, -0.1) is 0 Å². The van der Waals surface area contributed by atoms with Crippen LogP contribution in [-0.4, -0.2) is 46.5 Å². The molecule has 3 aliphatic rings. The van der Waals surface area contributed by atoms with E-state index in [-0.39, 0.29) is 12.1 Å². The fraction of sp³-hybridized carbons (Fsp3) is 0.474. The third kappa shape index (κ3) is 2.06. The van der Waals surface area contributed by atoms with Gasteiger partial charge in [-0.1, -0.05) is 0 Å². The van der Waals surface area contributed by atoms with E-state index in [9.17, 15) is 27.9 Å². The zero-order valence-electron chi connectivity index (χ0n) is 15.4. The van der Waals surface area contributed by atoms with E-state index in [4.69, 9.17) is 10.00 Å². The maximum Gasteiger partial charge on any atom is 0.417 e. The average molecular weight is 407 g/mol. The molecule has 3 heterocycles. The number of hydrogen-bond acceptors (Lipinski definition) is 6. The quantitative estimate of drug-likeness (QED) is 0.595. The van der Waals surface area contributed by atoms with Crippen LogP contribution in [0.2, 0.25) is 0 Å². The van der Waals surface area contributed by atoms with Crippen molar-refractivity contribution >= 4 is 24.2 Å². The second kappa shape index (κ2) is 5.43. The second-order valence-corrected chi connectivity index (χ2v) is 7.92. The Morgan fingerprint density at radius 1 is 1.38 bits per heavy atom. The molecule has 0 aromatic heterocycles. The van der Waals surface area contributed by atoms with Crippen molar-refractivity contribution in [1.82, 2.24) is 0 Å². The maximum atomic E-state index is 13.4. The summed E-state index contributed by atoms with van der Waals surface area (Å²) in [5, 5.41) is 19.4. The fourth-order valence-electron chi connectivity index (χ4n) is 5.15. The minimum atomic E-state index is -4.85. The average Bonchev–Trinajstić information content (AvgIpc) is 3.11. The molecule has 0 saturated carbocycles. The number of anilines is 1. The van der Waals surface area contributed by atoms with Gasteiger partial charge in [0.1, 0.15) is 11.5 Å². The number of aliphatic imine (C=N–C) groups is 1. The SMILES string of the molecule is C=N[C@@]12C(=O)N(c3ccc(C#N)c(C(F)(F)F)c3)C(=O)C1C1(C)C[C@@H](O)C2(C)O1. The van der Waals surface area contributed by atoms with Crippen molar-refractivity contribution in [2.24, 2.45) is 10.9 Å². The van der Waals surface area contributed by atoms with Gasteiger partial charge < -0.3 is 9.84 Å². The first-order valence-electron chi connectivity index (χ1n) is 8.73. The Morgan fingerprint density at radius 3 is 2.59 bits per heavy atom. The van der Waals surface area contributed by atoms with Gasteiger partial charge in [0.25, 0.3) is 5.91 Å². The number of alkyl halides is 3. The summed E-state index contributed by atoms with van der Waals surface area (Å²) in [5.41, 5.74) is -6.85. The highest BCUT2D eigenvalue weighted by molar-refractivity contribution is 6.27.